The largest absolute Gasteiger partial charge is 0.460 e. The van der Waals surface area contributed by atoms with Gasteiger partial charge in [0.1, 0.15) is 5.78 Å². The summed E-state index contributed by atoms with van der Waals surface area (Å²) >= 11 is 0. The molecule has 0 spiro atoms. The molecule has 0 bridgehead atoms. The Balaban J connectivity index is 7.95. The lowest BCUT2D eigenvalue weighted by Crippen LogP contribution is -2.78. The smallest absolute Gasteiger partial charge is 0.300 e. The third kappa shape index (κ3) is 7.09. The highest BCUT2D eigenvalue weighted by Crippen LogP contribution is 2.68. The molecule has 0 aliphatic heterocycles. The zero-order valence-corrected chi connectivity index (χ0v) is 24.6. The van der Waals surface area contributed by atoms with Gasteiger partial charge in [-0.15, -0.1) is 0 Å². The predicted octanol–water partition coefficient (Wildman–Crippen LogP) is 12.1. The van der Waals surface area contributed by atoms with Gasteiger partial charge in [-0.1, -0.05) is 0 Å². The van der Waals surface area contributed by atoms with Crippen molar-refractivity contribution < 1.29 is 154 Å². The molecule has 0 aliphatic carbocycles. The van der Waals surface area contributed by atoms with Gasteiger partial charge < -0.3 is 0 Å². The van der Waals surface area contributed by atoms with Gasteiger partial charge in [-0.25, -0.2) is 17.6 Å². The number of carbonyl (C=O) groups is 1. The molecule has 0 aromatic carbocycles. The summed E-state index contributed by atoms with van der Waals surface area (Å²) < 4.78 is 458. The molecule has 2 unspecified atom stereocenters. The Bertz CT molecular complexity index is 1270. The van der Waals surface area contributed by atoms with E-state index in [1.54, 1.807) is 0 Å². The van der Waals surface area contributed by atoms with Crippen molar-refractivity contribution in [2.45, 2.75) is 121 Å². The maximum absolute atomic E-state index is 15.2. The van der Waals surface area contributed by atoms with Crippen LogP contribution in [0.15, 0.2) is 0 Å². The van der Waals surface area contributed by atoms with Gasteiger partial charge >= 0.3 is 83.9 Å². The Hall–Kier alpha value is -2.71. The van der Waals surface area contributed by atoms with Crippen molar-refractivity contribution in [3.05, 3.63) is 0 Å². The first-order chi connectivity index (χ1) is 23.6. The van der Waals surface area contributed by atoms with Gasteiger partial charge in [0.2, 0.25) is 11.3 Å². The number of carbonyl (C=O) groups excluding carboxylic acids is 1. The summed E-state index contributed by atoms with van der Waals surface area (Å²) in [7, 11) is 0. The normalized spacial score (nSPS) is 18.5. The van der Waals surface area contributed by atoms with Crippen molar-refractivity contribution >= 4 is 5.78 Å². The van der Waals surface area contributed by atoms with Gasteiger partial charge in [0.15, 0.2) is 0 Å². The summed E-state index contributed by atoms with van der Waals surface area (Å²) in [6.07, 6.45) is -69.0. The number of hydrogen-bond donors (Lipinski definition) is 0. The Labute approximate surface area is 282 Å². The van der Waals surface area contributed by atoms with E-state index < -0.39 is 127 Å². The molecule has 0 radical (unpaired) electrons. The number of ketones is 1. The van der Waals surface area contributed by atoms with Gasteiger partial charge in [-0.05, 0) is 12.8 Å². The Morgan fingerprint density at radius 3 is 0.571 bits per heavy atom. The molecule has 0 N–H and O–H groups in total. The highest BCUT2D eigenvalue weighted by Gasteiger charge is 2.97. The molecular formula is C21H8F34O. The number of alkyl halides is 34. The maximum atomic E-state index is 15.2. The molecule has 0 aliphatic rings. The van der Waals surface area contributed by atoms with Crippen molar-refractivity contribution in [2.75, 3.05) is 0 Å². The van der Waals surface area contributed by atoms with Crippen LogP contribution in [0.3, 0.4) is 0 Å². The van der Waals surface area contributed by atoms with E-state index in [0.717, 1.165) is 0 Å². The minimum absolute atomic E-state index is 3.82. The maximum Gasteiger partial charge on any atom is 0.460 e. The molecule has 0 saturated heterocycles. The molecule has 0 heterocycles. The van der Waals surface area contributed by atoms with Crippen LogP contribution in [0.2, 0.25) is 0 Å². The van der Waals surface area contributed by atoms with Crippen LogP contribution >= 0.6 is 0 Å². The van der Waals surface area contributed by atoms with Gasteiger partial charge in [0, 0.05) is 12.8 Å². The monoisotopic (exact) mass is 922 g/mol. The van der Waals surface area contributed by atoms with Crippen LogP contribution in [-0.2, 0) is 4.79 Å². The van der Waals surface area contributed by atoms with Gasteiger partial charge in [0.25, 0.3) is 0 Å². The van der Waals surface area contributed by atoms with E-state index in [1.165, 1.54) is 0 Å². The average molecular weight is 922 g/mol. The van der Waals surface area contributed by atoms with Crippen LogP contribution in [0.4, 0.5) is 149 Å². The Morgan fingerprint density at radius 2 is 0.429 bits per heavy atom. The van der Waals surface area contributed by atoms with E-state index in [1.807, 2.05) is 0 Å². The van der Waals surface area contributed by atoms with Gasteiger partial charge in [-0.3, -0.25) is 4.79 Å². The lowest BCUT2D eigenvalue weighted by molar-refractivity contribution is -0.451. The van der Waals surface area contributed by atoms with Crippen molar-refractivity contribution in [1.29, 1.82) is 0 Å². The fraction of sp³-hybridized carbons (Fsp3) is 0.952. The number of hydrogen-bond acceptors (Lipinski definition) is 1. The van der Waals surface area contributed by atoms with Crippen LogP contribution in [0.25, 0.3) is 0 Å². The van der Waals surface area contributed by atoms with Crippen LogP contribution in [-0.4, -0.2) is 101 Å². The Morgan fingerprint density at radius 1 is 0.250 bits per heavy atom. The predicted molar refractivity (Wildman–Crippen MR) is 105 cm³/mol. The van der Waals surface area contributed by atoms with E-state index in [-0.39, 0.29) is 0 Å². The van der Waals surface area contributed by atoms with Crippen LogP contribution in [0.1, 0.15) is 25.7 Å². The summed E-state index contributed by atoms with van der Waals surface area (Å²) in [5.74, 6) is -58.2. The second-order valence-electron chi connectivity index (χ2n) is 10.9. The van der Waals surface area contributed by atoms with E-state index in [2.05, 4.69) is 0 Å². The molecule has 1 nitrogen and oxygen atoms in total. The third-order valence-electron chi connectivity index (χ3n) is 7.44. The molecule has 0 aromatic rings. The fourth-order valence-electron chi connectivity index (χ4n) is 4.31. The van der Waals surface area contributed by atoms with Crippen molar-refractivity contribution in [3.8, 4) is 0 Å². The van der Waals surface area contributed by atoms with Crippen molar-refractivity contribution in [3.63, 3.8) is 0 Å². The lowest BCUT2D eigenvalue weighted by Gasteiger charge is -2.48. The zero-order chi connectivity index (χ0) is 46.4. The quantitative estimate of drug-likeness (QED) is 0.159. The highest BCUT2D eigenvalue weighted by molar-refractivity contribution is 5.78. The molecule has 35 heteroatoms. The molecule has 0 saturated carbocycles. The third-order valence-corrected chi connectivity index (χ3v) is 7.44. The van der Waals surface area contributed by atoms with E-state index in [4.69, 9.17) is 0 Å². The molecular weight excluding hydrogens is 914 g/mol. The minimum Gasteiger partial charge on any atom is -0.300 e. The van der Waals surface area contributed by atoms with Crippen LogP contribution < -0.4 is 0 Å². The fourth-order valence-corrected chi connectivity index (χ4v) is 4.31. The standard InChI is InChI=1S/C21H8F34O/c22-6(8(24,16(38,39)40)17(41,42)43,10(26,27)12(30,31)14(34,35)20(50,51)52)3-1-5(56)2-4-7(23,9(25,18(44,45)46)19(47,48)49)11(28,29)13(32,33)15(36,37)21(53,54)55/h1-4H2. The number of Topliss-reactive ketones (excluding diaryl/α,β-unsaturated/α-hetero) is 1. The molecule has 2 atom stereocenters. The summed E-state index contributed by atoms with van der Waals surface area (Å²) in [6, 6.07) is 0. The molecule has 0 amide bonds. The zero-order valence-electron chi connectivity index (χ0n) is 24.6. The Kier molecular flexibility index (Phi) is 13.0. The van der Waals surface area contributed by atoms with Crippen molar-refractivity contribution in [1.82, 2.24) is 0 Å². The molecule has 0 fully saturated rings. The summed E-state index contributed by atoms with van der Waals surface area (Å²) in [4.78, 5) is 11.8. The molecule has 0 rings (SSSR count). The SMILES string of the molecule is O=C(CCC(F)(C(F)(F)C(F)(F)C(F)(F)C(F)(F)F)C(F)(C(F)(F)F)C(F)(F)F)CCC(F)(C(F)(F)C(F)(F)C(F)(F)C(F)(F)F)C(F)(C(F)(F)F)C(F)(F)F. The first-order valence-electron chi connectivity index (χ1n) is 12.5. The van der Waals surface area contributed by atoms with Gasteiger partial charge in [-0.2, -0.15) is 132 Å². The average Bonchev–Trinajstić information content (AvgIpc) is 2.93. The first-order valence-corrected chi connectivity index (χ1v) is 12.5. The van der Waals surface area contributed by atoms with E-state index >= 15 is 8.78 Å². The van der Waals surface area contributed by atoms with E-state index in [9.17, 15) is 145 Å². The molecule has 0 aromatic heterocycles. The van der Waals surface area contributed by atoms with E-state index in [0.29, 0.717) is 0 Å². The summed E-state index contributed by atoms with van der Waals surface area (Å²) in [5, 5.41) is 0. The first kappa shape index (κ1) is 53.3. The van der Waals surface area contributed by atoms with Crippen molar-refractivity contribution in [2.24, 2.45) is 0 Å². The lowest BCUT2D eigenvalue weighted by atomic mass is 9.71. The topological polar surface area (TPSA) is 17.1 Å². The second kappa shape index (κ2) is 13.7. The minimum atomic E-state index is -9.25. The summed E-state index contributed by atoms with van der Waals surface area (Å²) in [6.45, 7) is 0. The number of halogens is 34. The molecule has 56 heavy (non-hydrogen) atoms. The van der Waals surface area contributed by atoms with Gasteiger partial charge in [0.05, 0.1) is 0 Å². The highest BCUT2D eigenvalue weighted by atomic mass is 19.5. The number of rotatable bonds is 14. The summed E-state index contributed by atoms with van der Waals surface area (Å²) in [5.41, 5.74) is -35.4. The van der Waals surface area contributed by atoms with Crippen LogP contribution in [0.5, 0.6) is 0 Å². The second-order valence-corrected chi connectivity index (χ2v) is 10.9. The molecule has 336 valence electrons. The van der Waals surface area contributed by atoms with Crippen LogP contribution in [0, 0.1) is 0 Å².